The molecule has 2 aromatic carbocycles. The van der Waals surface area contributed by atoms with Gasteiger partial charge in [0, 0.05) is 42.8 Å². The molecule has 2 saturated heterocycles. The molecule has 0 aliphatic carbocycles. The van der Waals surface area contributed by atoms with Crippen molar-refractivity contribution in [1.82, 2.24) is 10.2 Å². The highest BCUT2D eigenvalue weighted by Gasteiger charge is 2.58. The van der Waals surface area contributed by atoms with Crippen molar-refractivity contribution in [1.29, 1.82) is 0 Å². The van der Waals surface area contributed by atoms with E-state index in [1.165, 1.54) is 12.1 Å². The molecule has 2 aliphatic rings. The number of rotatable bonds is 4. The fraction of sp³-hybridized carbons (Fsp3) is 0.409. The summed E-state index contributed by atoms with van der Waals surface area (Å²) in [6.45, 7) is 5.98. The van der Waals surface area contributed by atoms with Gasteiger partial charge in [-0.3, -0.25) is 4.90 Å². The molecular weight excluding hydrogens is 393 g/mol. The van der Waals surface area contributed by atoms with Gasteiger partial charge in [-0.25, -0.2) is 9.18 Å². The van der Waals surface area contributed by atoms with E-state index in [9.17, 15) is 9.18 Å². The number of benzene rings is 2. The number of amides is 2. The molecular formula is C22H27ClFN3O2. The van der Waals surface area contributed by atoms with Crippen LogP contribution in [0.15, 0.2) is 48.5 Å². The number of nitrogens with one attached hydrogen (secondary N) is 1. The second kappa shape index (κ2) is 8.20. The molecule has 29 heavy (non-hydrogen) atoms. The first-order chi connectivity index (χ1) is 13.5. The number of methoxy groups -OCH3 is 1. The normalized spacial score (nSPS) is 23.8. The second-order valence-electron chi connectivity index (χ2n) is 7.85. The van der Waals surface area contributed by atoms with Crippen LogP contribution in [0, 0.1) is 5.82 Å². The van der Waals surface area contributed by atoms with Gasteiger partial charge in [0.15, 0.2) is 0 Å². The summed E-state index contributed by atoms with van der Waals surface area (Å²) < 4.78 is 19.6. The topological polar surface area (TPSA) is 44.8 Å². The summed E-state index contributed by atoms with van der Waals surface area (Å²) in [5, 5.41) is 3.48. The molecule has 0 unspecified atom stereocenters. The van der Waals surface area contributed by atoms with Gasteiger partial charge in [0.25, 0.3) is 0 Å². The number of halogens is 2. The van der Waals surface area contributed by atoms with Gasteiger partial charge in [-0.15, -0.1) is 12.4 Å². The first-order valence-corrected chi connectivity index (χ1v) is 9.68. The van der Waals surface area contributed by atoms with Crippen molar-refractivity contribution >= 4 is 24.1 Å². The van der Waals surface area contributed by atoms with Crippen molar-refractivity contribution in [2.75, 3.05) is 31.6 Å². The van der Waals surface area contributed by atoms with Gasteiger partial charge in [0.2, 0.25) is 0 Å². The van der Waals surface area contributed by atoms with Crippen LogP contribution in [0.1, 0.15) is 25.3 Å². The molecule has 2 heterocycles. The van der Waals surface area contributed by atoms with Crippen molar-refractivity contribution in [3.05, 3.63) is 59.9 Å². The van der Waals surface area contributed by atoms with E-state index in [1.54, 1.807) is 18.1 Å². The number of ether oxygens (including phenoxy) is 1. The number of carbonyl (C=O) groups excluding carboxylic acids is 1. The Morgan fingerprint density at radius 3 is 2.66 bits per heavy atom. The van der Waals surface area contributed by atoms with Crippen LogP contribution in [-0.4, -0.2) is 49.3 Å². The molecule has 2 aliphatic heterocycles. The fourth-order valence-electron chi connectivity index (χ4n) is 4.64. The summed E-state index contributed by atoms with van der Waals surface area (Å²) >= 11 is 0. The van der Waals surface area contributed by atoms with E-state index >= 15 is 0 Å². The zero-order valence-corrected chi connectivity index (χ0v) is 17.7. The third-order valence-electron chi connectivity index (χ3n) is 5.96. The Balaban J connectivity index is 0.00000240. The van der Waals surface area contributed by atoms with Crippen molar-refractivity contribution in [3.8, 4) is 5.75 Å². The Morgan fingerprint density at radius 2 is 1.97 bits per heavy atom. The molecule has 4 rings (SSSR count). The number of urea groups is 1. The Morgan fingerprint density at radius 1 is 1.21 bits per heavy atom. The van der Waals surface area contributed by atoms with Crippen LogP contribution in [0.4, 0.5) is 14.9 Å². The summed E-state index contributed by atoms with van der Waals surface area (Å²) in [6, 6.07) is 14.2. The molecule has 0 bridgehead atoms. The van der Waals surface area contributed by atoms with Crippen molar-refractivity contribution < 1.29 is 13.9 Å². The van der Waals surface area contributed by atoms with Gasteiger partial charge in [-0.2, -0.15) is 0 Å². The Kier molecular flexibility index (Phi) is 6.05. The second-order valence-corrected chi connectivity index (χ2v) is 7.85. The highest BCUT2D eigenvalue weighted by Crippen LogP contribution is 2.46. The van der Waals surface area contributed by atoms with Gasteiger partial charge < -0.3 is 15.0 Å². The van der Waals surface area contributed by atoms with Crippen molar-refractivity contribution in [3.63, 3.8) is 0 Å². The van der Waals surface area contributed by atoms with E-state index in [2.05, 4.69) is 11.4 Å². The molecule has 1 spiro atoms. The summed E-state index contributed by atoms with van der Waals surface area (Å²) in [4.78, 5) is 17.1. The van der Waals surface area contributed by atoms with Gasteiger partial charge in [-0.1, -0.05) is 24.3 Å². The maximum Gasteiger partial charge on any atom is 0.325 e. The van der Waals surface area contributed by atoms with Crippen LogP contribution >= 0.6 is 12.4 Å². The summed E-state index contributed by atoms with van der Waals surface area (Å²) in [7, 11) is 1.67. The SMILES string of the molecule is COc1ccccc1[C@H]1CNC[C@@]12CN(C(C)C)C(=O)N2c1cccc(F)c1.Cl. The number of carbonyl (C=O) groups is 1. The highest BCUT2D eigenvalue weighted by atomic mass is 35.5. The monoisotopic (exact) mass is 419 g/mol. The van der Waals surface area contributed by atoms with Crippen molar-refractivity contribution in [2.24, 2.45) is 0 Å². The van der Waals surface area contributed by atoms with E-state index in [0.29, 0.717) is 18.8 Å². The summed E-state index contributed by atoms with van der Waals surface area (Å²) in [5.41, 5.74) is 1.15. The van der Waals surface area contributed by atoms with Gasteiger partial charge in [0.05, 0.1) is 12.6 Å². The lowest BCUT2D eigenvalue weighted by atomic mass is 9.80. The largest absolute Gasteiger partial charge is 0.496 e. The molecule has 1 N–H and O–H groups in total. The third kappa shape index (κ3) is 3.45. The lowest BCUT2D eigenvalue weighted by molar-refractivity contribution is 0.206. The Labute approximate surface area is 177 Å². The summed E-state index contributed by atoms with van der Waals surface area (Å²) in [6.07, 6.45) is 0. The van der Waals surface area contributed by atoms with Gasteiger partial charge >= 0.3 is 6.03 Å². The molecule has 2 amide bonds. The van der Waals surface area contributed by atoms with E-state index in [-0.39, 0.29) is 36.2 Å². The van der Waals surface area contributed by atoms with E-state index in [0.717, 1.165) is 17.9 Å². The van der Waals surface area contributed by atoms with Gasteiger partial charge in [-0.05, 0) is 38.1 Å². The molecule has 2 fully saturated rings. The quantitative estimate of drug-likeness (QED) is 0.813. The molecule has 7 heteroatoms. The predicted octanol–water partition coefficient (Wildman–Crippen LogP) is 4.03. The van der Waals surface area contributed by atoms with Crippen LogP contribution in [0.25, 0.3) is 0 Å². The van der Waals surface area contributed by atoms with Crippen LogP contribution in [0.3, 0.4) is 0 Å². The highest BCUT2D eigenvalue weighted by molar-refractivity contribution is 5.97. The minimum absolute atomic E-state index is 0. The smallest absolute Gasteiger partial charge is 0.325 e. The third-order valence-corrected chi connectivity index (χ3v) is 5.96. The van der Waals surface area contributed by atoms with E-state index < -0.39 is 5.54 Å². The van der Waals surface area contributed by atoms with Crippen LogP contribution in [0.2, 0.25) is 0 Å². The molecule has 5 nitrogen and oxygen atoms in total. The predicted molar refractivity (Wildman–Crippen MR) is 115 cm³/mol. The molecule has 0 saturated carbocycles. The van der Waals surface area contributed by atoms with Crippen LogP contribution < -0.4 is 15.0 Å². The number of anilines is 1. The number of hydrogen-bond acceptors (Lipinski definition) is 3. The Bertz CT molecular complexity index is 894. The zero-order chi connectivity index (χ0) is 19.9. The fourth-order valence-corrected chi connectivity index (χ4v) is 4.64. The van der Waals surface area contributed by atoms with E-state index in [4.69, 9.17) is 4.74 Å². The number of hydrogen-bond donors (Lipinski definition) is 1. The van der Waals surface area contributed by atoms with Crippen molar-refractivity contribution in [2.45, 2.75) is 31.3 Å². The van der Waals surface area contributed by atoms with Gasteiger partial charge in [0.1, 0.15) is 11.6 Å². The first kappa shape index (κ1) is 21.4. The average molecular weight is 420 g/mol. The minimum atomic E-state index is -0.510. The van der Waals surface area contributed by atoms with Crippen LogP contribution in [-0.2, 0) is 0 Å². The number of nitrogens with zero attached hydrogens (tertiary/aromatic N) is 2. The molecule has 0 aromatic heterocycles. The van der Waals surface area contributed by atoms with Crippen LogP contribution in [0.5, 0.6) is 5.75 Å². The molecule has 2 aromatic rings. The minimum Gasteiger partial charge on any atom is -0.496 e. The lowest BCUT2D eigenvalue weighted by Crippen LogP contribution is -2.52. The maximum atomic E-state index is 14.0. The molecule has 0 radical (unpaired) electrons. The standard InChI is InChI=1S/C22H26FN3O2.ClH/c1-15(2)25-14-22(26(21(25)27)17-8-6-7-16(23)11-17)13-24-12-19(22)18-9-4-5-10-20(18)28-3;/h4-11,15,19,24H,12-14H2,1-3H3;1H/t19-,22-;/m1./s1. The molecule has 2 atom stereocenters. The Hall–Kier alpha value is -2.31. The number of para-hydroxylation sites is 1. The lowest BCUT2D eigenvalue weighted by Gasteiger charge is -2.38. The summed E-state index contributed by atoms with van der Waals surface area (Å²) in [5.74, 6) is 0.494. The molecule has 156 valence electrons. The van der Waals surface area contributed by atoms with E-state index in [1.807, 2.05) is 43.0 Å². The average Bonchev–Trinajstić information content (AvgIpc) is 3.23. The maximum absolute atomic E-state index is 14.0. The zero-order valence-electron chi connectivity index (χ0n) is 16.9. The first-order valence-electron chi connectivity index (χ1n) is 9.68.